The molecule has 110 valence electrons. The monoisotopic (exact) mass is 292 g/mol. The molecule has 2 aromatic rings. The minimum absolute atomic E-state index is 0.197. The Morgan fingerprint density at radius 3 is 2.73 bits per heavy atom. The molecule has 3 heteroatoms. The van der Waals surface area contributed by atoms with Crippen LogP contribution in [-0.2, 0) is 9.53 Å². The van der Waals surface area contributed by atoms with Gasteiger partial charge in [0.1, 0.15) is 11.9 Å². The summed E-state index contributed by atoms with van der Waals surface area (Å²) in [5, 5.41) is 9.22. The Morgan fingerprint density at radius 1 is 1.18 bits per heavy atom. The van der Waals surface area contributed by atoms with Gasteiger partial charge in [-0.15, -0.1) is 0 Å². The van der Waals surface area contributed by atoms with Gasteiger partial charge in [0.15, 0.2) is 0 Å². The molecule has 1 N–H and O–H groups in total. The van der Waals surface area contributed by atoms with Crippen LogP contribution in [0, 0.1) is 6.92 Å². The van der Waals surface area contributed by atoms with Crippen LogP contribution < -0.4 is 0 Å². The molecule has 0 heterocycles. The maximum absolute atomic E-state index is 11.9. The number of carbonyl (C=O) groups is 1. The first kappa shape index (κ1) is 14.1. The number of hydrogen-bond acceptors (Lipinski definition) is 3. The summed E-state index contributed by atoms with van der Waals surface area (Å²) in [4.78, 5) is 11.9. The second kappa shape index (κ2) is 5.90. The molecule has 3 rings (SSSR count). The molecule has 1 aliphatic carbocycles. The van der Waals surface area contributed by atoms with Crippen molar-refractivity contribution in [2.75, 3.05) is 0 Å². The summed E-state index contributed by atoms with van der Waals surface area (Å²) in [7, 11) is 0. The Hall–Kier alpha value is -2.81. The fraction of sp³-hybridized carbons (Fsp3) is 0.105. The maximum Gasteiger partial charge on any atom is 0.331 e. The fourth-order valence-corrected chi connectivity index (χ4v) is 2.48. The van der Waals surface area contributed by atoms with Crippen molar-refractivity contribution in [1.29, 1.82) is 0 Å². The maximum atomic E-state index is 11.9. The van der Waals surface area contributed by atoms with Gasteiger partial charge in [-0.05, 0) is 47.9 Å². The number of esters is 1. The molecule has 0 bridgehead atoms. The topological polar surface area (TPSA) is 46.5 Å². The van der Waals surface area contributed by atoms with Crippen molar-refractivity contribution >= 4 is 18.1 Å². The number of phenolic OH excluding ortho intramolecular Hbond substituents is 1. The first-order valence-electron chi connectivity index (χ1n) is 7.09. The highest BCUT2D eigenvalue weighted by molar-refractivity contribution is 5.87. The van der Waals surface area contributed by atoms with Gasteiger partial charge in [0, 0.05) is 11.6 Å². The molecule has 0 fully saturated rings. The van der Waals surface area contributed by atoms with E-state index in [1.54, 1.807) is 30.3 Å². The zero-order chi connectivity index (χ0) is 15.5. The third kappa shape index (κ3) is 2.93. The van der Waals surface area contributed by atoms with Gasteiger partial charge < -0.3 is 9.84 Å². The predicted molar refractivity (Wildman–Crippen MR) is 86.2 cm³/mol. The lowest BCUT2D eigenvalue weighted by Gasteiger charge is -2.12. The highest BCUT2D eigenvalue weighted by atomic mass is 16.5. The predicted octanol–water partition coefficient (Wildman–Crippen LogP) is 4.03. The van der Waals surface area contributed by atoms with Gasteiger partial charge in [0.2, 0.25) is 0 Å². The first-order chi connectivity index (χ1) is 10.6. The van der Waals surface area contributed by atoms with Crippen LogP contribution in [0.25, 0.3) is 12.2 Å². The second-order valence-electron chi connectivity index (χ2n) is 5.22. The van der Waals surface area contributed by atoms with E-state index >= 15 is 0 Å². The molecule has 1 unspecified atom stereocenters. The van der Waals surface area contributed by atoms with Crippen LogP contribution in [0.5, 0.6) is 5.75 Å². The van der Waals surface area contributed by atoms with E-state index in [2.05, 4.69) is 0 Å². The summed E-state index contributed by atoms with van der Waals surface area (Å²) in [6.45, 7) is 2.04. The number of rotatable bonds is 3. The average Bonchev–Trinajstić information content (AvgIpc) is 2.91. The molecular formula is C19H16O3. The average molecular weight is 292 g/mol. The van der Waals surface area contributed by atoms with E-state index in [1.165, 1.54) is 11.6 Å². The SMILES string of the molecule is Cc1cccc2c1C=CC2OC(=O)/C=C/c1ccc(O)cc1. The van der Waals surface area contributed by atoms with Crippen molar-refractivity contribution in [3.05, 3.63) is 76.9 Å². The number of ether oxygens (including phenoxy) is 1. The van der Waals surface area contributed by atoms with Crippen LogP contribution in [0.1, 0.15) is 28.4 Å². The molecule has 0 amide bonds. The standard InChI is InChI=1S/C19H16O3/c1-13-3-2-4-17-16(13)10-11-18(17)22-19(21)12-7-14-5-8-15(20)9-6-14/h2-12,18,20H,1H3/b12-7+. The Bertz CT molecular complexity index is 755. The molecule has 3 nitrogen and oxygen atoms in total. The van der Waals surface area contributed by atoms with Gasteiger partial charge in [-0.2, -0.15) is 0 Å². The quantitative estimate of drug-likeness (QED) is 0.686. The molecule has 0 spiro atoms. The van der Waals surface area contributed by atoms with Gasteiger partial charge in [0.05, 0.1) is 0 Å². The number of aryl methyl sites for hydroxylation is 1. The van der Waals surface area contributed by atoms with Gasteiger partial charge in [0.25, 0.3) is 0 Å². The van der Waals surface area contributed by atoms with E-state index in [4.69, 9.17) is 4.74 Å². The largest absolute Gasteiger partial charge is 0.508 e. The van der Waals surface area contributed by atoms with Crippen LogP contribution in [0.3, 0.4) is 0 Å². The van der Waals surface area contributed by atoms with E-state index in [0.29, 0.717) is 0 Å². The van der Waals surface area contributed by atoms with E-state index in [0.717, 1.165) is 16.7 Å². The lowest BCUT2D eigenvalue weighted by molar-refractivity contribution is -0.140. The van der Waals surface area contributed by atoms with Crippen molar-refractivity contribution in [3.63, 3.8) is 0 Å². The van der Waals surface area contributed by atoms with Crippen LogP contribution in [0.2, 0.25) is 0 Å². The van der Waals surface area contributed by atoms with Crippen molar-refractivity contribution < 1.29 is 14.6 Å². The van der Waals surface area contributed by atoms with Gasteiger partial charge in [-0.3, -0.25) is 0 Å². The second-order valence-corrected chi connectivity index (χ2v) is 5.22. The molecule has 0 aliphatic heterocycles. The highest BCUT2D eigenvalue weighted by Gasteiger charge is 2.20. The van der Waals surface area contributed by atoms with E-state index in [1.807, 2.05) is 37.3 Å². The van der Waals surface area contributed by atoms with Crippen molar-refractivity contribution in [2.45, 2.75) is 13.0 Å². The number of aromatic hydroxyl groups is 1. The minimum atomic E-state index is -0.392. The smallest absolute Gasteiger partial charge is 0.331 e. The number of phenols is 1. The normalized spacial score (nSPS) is 16.0. The molecule has 0 saturated carbocycles. The molecule has 2 aromatic carbocycles. The molecule has 1 atom stereocenters. The zero-order valence-electron chi connectivity index (χ0n) is 12.2. The van der Waals surface area contributed by atoms with E-state index < -0.39 is 5.97 Å². The summed E-state index contributed by atoms with van der Waals surface area (Å²) in [5.74, 6) is -0.195. The van der Waals surface area contributed by atoms with Crippen molar-refractivity contribution in [1.82, 2.24) is 0 Å². The van der Waals surface area contributed by atoms with E-state index in [-0.39, 0.29) is 11.9 Å². The number of benzene rings is 2. The van der Waals surface area contributed by atoms with Crippen LogP contribution >= 0.6 is 0 Å². The summed E-state index contributed by atoms with van der Waals surface area (Å²) in [6, 6.07) is 12.6. The zero-order valence-corrected chi connectivity index (χ0v) is 12.2. The van der Waals surface area contributed by atoms with Gasteiger partial charge in [-0.1, -0.05) is 36.4 Å². The number of fused-ring (bicyclic) bond motifs is 1. The molecule has 0 saturated heterocycles. The molecule has 1 aliphatic rings. The minimum Gasteiger partial charge on any atom is -0.508 e. The lowest BCUT2D eigenvalue weighted by atomic mass is 10.0. The molecule has 0 radical (unpaired) electrons. The number of carbonyl (C=O) groups excluding carboxylic acids is 1. The van der Waals surface area contributed by atoms with E-state index in [9.17, 15) is 9.90 Å². The Morgan fingerprint density at radius 2 is 1.95 bits per heavy atom. The Kier molecular flexibility index (Phi) is 3.79. The third-order valence-electron chi connectivity index (χ3n) is 3.65. The Balaban J connectivity index is 1.68. The summed E-state index contributed by atoms with van der Waals surface area (Å²) in [5.41, 5.74) is 4.15. The lowest BCUT2D eigenvalue weighted by Crippen LogP contribution is -2.06. The van der Waals surface area contributed by atoms with Crippen molar-refractivity contribution in [3.8, 4) is 5.75 Å². The molecular weight excluding hydrogens is 276 g/mol. The van der Waals surface area contributed by atoms with Crippen LogP contribution in [-0.4, -0.2) is 11.1 Å². The Labute approximate surface area is 129 Å². The molecule has 0 aromatic heterocycles. The van der Waals surface area contributed by atoms with Crippen molar-refractivity contribution in [2.24, 2.45) is 0 Å². The van der Waals surface area contributed by atoms with Crippen LogP contribution in [0.15, 0.2) is 54.6 Å². The number of hydrogen-bond donors (Lipinski definition) is 1. The summed E-state index contributed by atoms with van der Waals surface area (Å²) >= 11 is 0. The highest BCUT2D eigenvalue weighted by Crippen LogP contribution is 2.32. The summed E-state index contributed by atoms with van der Waals surface area (Å²) in [6.07, 6.45) is 6.62. The first-order valence-corrected chi connectivity index (χ1v) is 7.09. The van der Waals surface area contributed by atoms with Gasteiger partial charge in [-0.25, -0.2) is 4.79 Å². The third-order valence-corrected chi connectivity index (χ3v) is 3.65. The summed E-state index contributed by atoms with van der Waals surface area (Å²) < 4.78 is 5.48. The van der Waals surface area contributed by atoms with Crippen LogP contribution in [0.4, 0.5) is 0 Å². The fourth-order valence-electron chi connectivity index (χ4n) is 2.48. The molecule has 22 heavy (non-hydrogen) atoms. The van der Waals surface area contributed by atoms with Gasteiger partial charge >= 0.3 is 5.97 Å².